The molecular formula is C20H18ClNO4S. The summed E-state index contributed by atoms with van der Waals surface area (Å²) in [5.41, 5.74) is 1.52. The molecule has 1 heterocycles. The average molecular weight is 404 g/mol. The summed E-state index contributed by atoms with van der Waals surface area (Å²) in [5.74, 6) is 0.795. The van der Waals surface area contributed by atoms with Gasteiger partial charge in [-0.05, 0) is 48.5 Å². The van der Waals surface area contributed by atoms with E-state index >= 15 is 0 Å². The Labute approximate surface area is 166 Å². The SMILES string of the molecule is CCOc1c(/C=C2/SC(=O)N(Cc3ccc(Cl)cc3)C2=O)cccc1OC. The van der Waals surface area contributed by atoms with Crippen LogP contribution in [0, 0.1) is 0 Å². The fourth-order valence-corrected chi connectivity index (χ4v) is 3.61. The second-order valence-electron chi connectivity index (χ2n) is 5.71. The number of hydrogen-bond donors (Lipinski definition) is 0. The van der Waals surface area contributed by atoms with Gasteiger partial charge in [-0.2, -0.15) is 0 Å². The minimum absolute atomic E-state index is 0.204. The molecule has 1 aliphatic heterocycles. The number of methoxy groups -OCH3 is 1. The number of ether oxygens (including phenoxy) is 2. The van der Waals surface area contributed by atoms with Crippen molar-refractivity contribution in [1.82, 2.24) is 4.90 Å². The van der Waals surface area contributed by atoms with E-state index in [-0.39, 0.29) is 17.7 Å². The maximum Gasteiger partial charge on any atom is 0.293 e. The van der Waals surface area contributed by atoms with Crippen LogP contribution in [0.3, 0.4) is 0 Å². The lowest BCUT2D eigenvalue weighted by atomic mass is 10.1. The van der Waals surface area contributed by atoms with Crippen LogP contribution in [0.4, 0.5) is 4.79 Å². The van der Waals surface area contributed by atoms with E-state index in [0.29, 0.717) is 33.6 Å². The highest BCUT2D eigenvalue weighted by Crippen LogP contribution is 2.37. The van der Waals surface area contributed by atoms with Crippen LogP contribution in [-0.2, 0) is 11.3 Å². The smallest absolute Gasteiger partial charge is 0.293 e. The van der Waals surface area contributed by atoms with Crippen LogP contribution >= 0.6 is 23.4 Å². The number of rotatable bonds is 6. The van der Waals surface area contributed by atoms with E-state index in [1.807, 2.05) is 19.1 Å². The number of amides is 2. The second kappa shape index (κ2) is 8.50. The monoisotopic (exact) mass is 403 g/mol. The Morgan fingerprint density at radius 3 is 2.56 bits per heavy atom. The molecule has 0 atom stereocenters. The van der Waals surface area contributed by atoms with Crippen molar-refractivity contribution in [1.29, 1.82) is 0 Å². The number of carbonyl (C=O) groups is 2. The van der Waals surface area contributed by atoms with Crippen molar-refractivity contribution in [3.8, 4) is 11.5 Å². The van der Waals surface area contributed by atoms with Crippen molar-refractivity contribution in [2.45, 2.75) is 13.5 Å². The molecule has 0 N–H and O–H groups in total. The van der Waals surface area contributed by atoms with Gasteiger partial charge in [0.05, 0.1) is 25.2 Å². The summed E-state index contributed by atoms with van der Waals surface area (Å²) in [6.07, 6.45) is 1.67. The number of nitrogens with zero attached hydrogens (tertiary/aromatic N) is 1. The zero-order chi connectivity index (χ0) is 19.4. The van der Waals surface area contributed by atoms with Crippen LogP contribution in [0.1, 0.15) is 18.1 Å². The largest absolute Gasteiger partial charge is 0.493 e. The van der Waals surface area contributed by atoms with Gasteiger partial charge < -0.3 is 9.47 Å². The molecule has 2 aromatic carbocycles. The number of thioether (sulfide) groups is 1. The molecule has 2 aromatic rings. The maximum atomic E-state index is 12.7. The van der Waals surface area contributed by atoms with E-state index in [4.69, 9.17) is 21.1 Å². The first kappa shape index (κ1) is 19.3. The third kappa shape index (κ3) is 4.28. The number of hydrogen-bond acceptors (Lipinski definition) is 5. The standard InChI is InChI=1S/C20H18ClNO4S/c1-3-26-18-14(5-4-6-16(18)25-2)11-17-19(23)22(20(24)27-17)12-13-7-9-15(21)10-8-13/h4-11H,3,12H2,1-2H3/b17-11+. The molecule has 0 aromatic heterocycles. The van der Waals surface area contributed by atoms with Crippen LogP contribution < -0.4 is 9.47 Å². The summed E-state index contributed by atoms with van der Waals surface area (Å²) >= 11 is 6.80. The Balaban J connectivity index is 1.87. The molecule has 0 spiro atoms. The van der Waals surface area contributed by atoms with Gasteiger partial charge in [0.25, 0.3) is 11.1 Å². The topological polar surface area (TPSA) is 55.8 Å². The summed E-state index contributed by atoms with van der Waals surface area (Å²) in [4.78, 5) is 26.6. The lowest BCUT2D eigenvalue weighted by Gasteiger charge is -2.13. The van der Waals surface area contributed by atoms with Gasteiger partial charge in [0.2, 0.25) is 0 Å². The highest BCUT2D eigenvalue weighted by atomic mass is 35.5. The van der Waals surface area contributed by atoms with Crippen LogP contribution in [0.2, 0.25) is 5.02 Å². The van der Waals surface area contributed by atoms with E-state index in [0.717, 1.165) is 17.3 Å². The number of halogens is 1. The minimum Gasteiger partial charge on any atom is -0.493 e. The fraction of sp³-hybridized carbons (Fsp3) is 0.200. The predicted molar refractivity (Wildman–Crippen MR) is 107 cm³/mol. The molecule has 1 saturated heterocycles. The van der Waals surface area contributed by atoms with Crippen molar-refractivity contribution in [2.24, 2.45) is 0 Å². The van der Waals surface area contributed by atoms with E-state index < -0.39 is 0 Å². The predicted octanol–water partition coefficient (Wildman–Crippen LogP) is 4.98. The van der Waals surface area contributed by atoms with Gasteiger partial charge in [-0.15, -0.1) is 0 Å². The van der Waals surface area contributed by atoms with E-state index in [1.54, 1.807) is 43.5 Å². The van der Waals surface area contributed by atoms with E-state index in [9.17, 15) is 9.59 Å². The van der Waals surface area contributed by atoms with Crippen LogP contribution in [0.25, 0.3) is 6.08 Å². The Kier molecular flexibility index (Phi) is 6.08. The van der Waals surface area contributed by atoms with Crippen LogP contribution in [-0.4, -0.2) is 29.8 Å². The van der Waals surface area contributed by atoms with Gasteiger partial charge in [-0.3, -0.25) is 14.5 Å². The minimum atomic E-state index is -0.329. The first-order valence-corrected chi connectivity index (χ1v) is 9.52. The first-order valence-electron chi connectivity index (χ1n) is 8.33. The second-order valence-corrected chi connectivity index (χ2v) is 7.14. The lowest BCUT2D eigenvalue weighted by molar-refractivity contribution is -0.123. The van der Waals surface area contributed by atoms with Gasteiger partial charge >= 0.3 is 0 Å². The van der Waals surface area contributed by atoms with Gasteiger partial charge in [0, 0.05) is 10.6 Å². The summed E-state index contributed by atoms with van der Waals surface area (Å²) in [7, 11) is 1.56. The average Bonchev–Trinajstić information content (AvgIpc) is 2.92. The molecule has 0 bridgehead atoms. The summed E-state index contributed by atoms with van der Waals surface area (Å²) in [6, 6.07) is 12.5. The molecule has 140 valence electrons. The first-order chi connectivity index (χ1) is 13.0. The van der Waals surface area contributed by atoms with Crippen molar-refractivity contribution in [3.05, 3.63) is 63.5 Å². The number of carbonyl (C=O) groups excluding carboxylic acids is 2. The summed E-state index contributed by atoms with van der Waals surface area (Å²) in [5, 5.41) is 0.302. The Morgan fingerprint density at radius 1 is 1.15 bits per heavy atom. The van der Waals surface area contributed by atoms with Gasteiger partial charge in [0.1, 0.15) is 0 Å². The fourth-order valence-electron chi connectivity index (χ4n) is 2.66. The quantitative estimate of drug-likeness (QED) is 0.636. The molecule has 0 unspecified atom stereocenters. The Hall–Kier alpha value is -2.44. The number of para-hydroxylation sites is 1. The molecule has 2 amide bonds. The van der Waals surface area contributed by atoms with Crippen LogP contribution in [0.15, 0.2) is 47.4 Å². The number of benzene rings is 2. The maximum absolute atomic E-state index is 12.7. The van der Waals surface area contributed by atoms with Gasteiger partial charge in [-0.25, -0.2) is 0 Å². The molecule has 0 radical (unpaired) electrons. The third-order valence-corrected chi connectivity index (χ3v) is 5.09. The molecule has 7 heteroatoms. The number of imide groups is 1. The molecule has 1 fully saturated rings. The molecule has 27 heavy (non-hydrogen) atoms. The van der Waals surface area contributed by atoms with E-state index in [2.05, 4.69) is 0 Å². The normalized spacial score (nSPS) is 15.5. The Bertz CT molecular complexity index is 895. The van der Waals surface area contributed by atoms with Crippen molar-refractivity contribution in [2.75, 3.05) is 13.7 Å². The molecule has 5 nitrogen and oxygen atoms in total. The van der Waals surface area contributed by atoms with Gasteiger partial charge in [-0.1, -0.05) is 35.9 Å². The molecule has 0 saturated carbocycles. The molecule has 0 aliphatic carbocycles. The Morgan fingerprint density at radius 2 is 1.89 bits per heavy atom. The molecular weight excluding hydrogens is 386 g/mol. The highest BCUT2D eigenvalue weighted by molar-refractivity contribution is 8.18. The van der Waals surface area contributed by atoms with E-state index in [1.165, 1.54) is 4.90 Å². The van der Waals surface area contributed by atoms with Gasteiger partial charge in [0.15, 0.2) is 11.5 Å². The molecule has 3 rings (SSSR count). The zero-order valence-electron chi connectivity index (χ0n) is 14.9. The summed E-state index contributed by atoms with van der Waals surface area (Å²) in [6.45, 7) is 2.53. The third-order valence-electron chi connectivity index (χ3n) is 3.93. The van der Waals surface area contributed by atoms with Crippen LogP contribution in [0.5, 0.6) is 11.5 Å². The summed E-state index contributed by atoms with van der Waals surface area (Å²) < 4.78 is 11.0. The van der Waals surface area contributed by atoms with Crippen molar-refractivity contribution in [3.63, 3.8) is 0 Å². The highest BCUT2D eigenvalue weighted by Gasteiger charge is 2.35. The van der Waals surface area contributed by atoms with Crippen molar-refractivity contribution < 1.29 is 19.1 Å². The zero-order valence-corrected chi connectivity index (χ0v) is 16.5. The lowest BCUT2D eigenvalue weighted by Crippen LogP contribution is -2.27. The van der Waals surface area contributed by atoms with Crippen molar-refractivity contribution >= 4 is 40.6 Å². The molecule has 1 aliphatic rings.